The van der Waals surface area contributed by atoms with Gasteiger partial charge in [-0.05, 0) is 19.1 Å². The van der Waals surface area contributed by atoms with Gasteiger partial charge in [-0.25, -0.2) is 4.98 Å². The lowest BCUT2D eigenvalue weighted by atomic mass is 10.2. The number of benzene rings is 1. The van der Waals surface area contributed by atoms with Crippen molar-refractivity contribution in [1.82, 2.24) is 9.88 Å². The number of oxazole rings is 1. The van der Waals surface area contributed by atoms with Crippen molar-refractivity contribution < 1.29 is 9.15 Å². The first kappa shape index (κ1) is 16.0. The molecule has 0 bridgehead atoms. The highest BCUT2D eigenvalue weighted by molar-refractivity contribution is 5.62. The minimum absolute atomic E-state index is 0.580. The van der Waals surface area contributed by atoms with E-state index >= 15 is 0 Å². The first-order valence-electron chi connectivity index (χ1n) is 7.39. The molecule has 2 aromatic rings. The van der Waals surface area contributed by atoms with E-state index in [1.54, 1.807) is 6.26 Å². The number of aromatic nitrogens is 1. The summed E-state index contributed by atoms with van der Waals surface area (Å²) < 4.78 is 11.2. The molecule has 0 amide bonds. The Hall–Kier alpha value is -2.33. The summed E-state index contributed by atoms with van der Waals surface area (Å²) in [6.45, 7) is 12.4. The average Bonchev–Trinajstić information content (AvgIpc) is 2.97. The Morgan fingerprint density at radius 1 is 1.23 bits per heavy atom. The standard InChI is InChI=1S/C18H22N2O2/c1-4-11-20(12-5-2)13-15-14-22-18(19-15)16-9-7-8-10-17(16)21-6-3/h4-5,7-10,14H,1-2,6,11-13H2,3H3. The second kappa shape index (κ2) is 8.20. The van der Waals surface area contributed by atoms with E-state index in [0.29, 0.717) is 19.0 Å². The molecule has 0 unspecified atom stereocenters. The summed E-state index contributed by atoms with van der Waals surface area (Å²) in [5.74, 6) is 1.36. The summed E-state index contributed by atoms with van der Waals surface area (Å²) in [5.41, 5.74) is 1.75. The Balaban J connectivity index is 2.17. The highest BCUT2D eigenvalue weighted by atomic mass is 16.5. The largest absolute Gasteiger partial charge is 0.493 e. The van der Waals surface area contributed by atoms with Gasteiger partial charge in [-0.2, -0.15) is 0 Å². The Labute approximate surface area is 131 Å². The van der Waals surface area contributed by atoms with Crippen LogP contribution in [0.1, 0.15) is 12.6 Å². The van der Waals surface area contributed by atoms with E-state index < -0.39 is 0 Å². The molecule has 0 saturated carbocycles. The van der Waals surface area contributed by atoms with Crippen molar-refractivity contribution in [2.24, 2.45) is 0 Å². The van der Waals surface area contributed by atoms with E-state index in [1.165, 1.54) is 0 Å². The molecular weight excluding hydrogens is 276 g/mol. The molecule has 0 spiro atoms. The number of nitrogens with zero attached hydrogens (tertiary/aromatic N) is 2. The molecular formula is C18H22N2O2. The molecule has 4 heteroatoms. The van der Waals surface area contributed by atoms with Gasteiger partial charge in [0, 0.05) is 19.6 Å². The Kier molecular flexibility index (Phi) is 5.98. The van der Waals surface area contributed by atoms with Gasteiger partial charge in [0.1, 0.15) is 12.0 Å². The maximum atomic E-state index is 5.63. The van der Waals surface area contributed by atoms with Crippen LogP contribution >= 0.6 is 0 Å². The molecule has 4 nitrogen and oxygen atoms in total. The van der Waals surface area contributed by atoms with Crippen LogP contribution in [0.15, 0.2) is 60.3 Å². The number of para-hydroxylation sites is 1. The fraction of sp³-hybridized carbons (Fsp3) is 0.278. The number of hydrogen-bond donors (Lipinski definition) is 0. The Morgan fingerprint density at radius 3 is 2.64 bits per heavy atom. The monoisotopic (exact) mass is 298 g/mol. The van der Waals surface area contributed by atoms with E-state index in [2.05, 4.69) is 23.0 Å². The Bertz CT molecular complexity index is 609. The van der Waals surface area contributed by atoms with Crippen LogP contribution in [0.25, 0.3) is 11.5 Å². The quantitative estimate of drug-likeness (QED) is 0.658. The van der Waals surface area contributed by atoms with Gasteiger partial charge in [0.15, 0.2) is 0 Å². The zero-order chi connectivity index (χ0) is 15.8. The van der Waals surface area contributed by atoms with Gasteiger partial charge in [0.05, 0.1) is 17.9 Å². The molecule has 22 heavy (non-hydrogen) atoms. The third kappa shape index (κ3) is 4.09. The predicted molar refractivity (Wildman–Crippen MR) is 88.8 cm³/mol. The molecule has 116 valence electrons. The summed E-state index contributed by atoms with van der Waals surface area (Å²) in [6, 6.07) is 7.76. The second-order valence-corrected chi connectivity index (χ2v) is 4.84. The predicted octanol–water partition coefficient (Wildman–Crippen LogP) is 3.91. The van der Waals surface area contributed by atoms with E-state index in [9.17, 15) is 0 Å². The fourth-order valence-corrected chi connectivity index (χ4v) is 2.23. The average molecular weight is 298 g/mol. The lowest BCUT2D eigenvalue weighted by molar-refractivity contribution is 0.323. The molecule has 0 aliphatic carbocycles. The van der Waals surface area contributed by atoms with Crippen LogP contribution in [0.3, 0.4) is 0 Å². The summed E-state index contributed by atoms with van der Waals surface area (Å²) in [7, 11) is 0. The van der Waals surface area contributed by atoms with Crippen LogP contribution in [0.4, 0.5) is 0 Å². The minimum atomic E-state index is 0.580. The highest BCUT2D eigenvalue weighted by Gasteiger charge is 2.13. The maximum absolute atomic E-state index is 5.63. The van der Waals surface area contributed by atoms with Gasteiger partial charge in [0.25, 0.3) is 0 Å². The first-order chi connectivity index (χ1) is 10.8. The third-order valence-electron chi connectivity index (χ3n) is 3.13. The van der Waals surface area contributed by atoms with Gasteiger partial charge >= 0.3 is 0 Å². The lowest BCUT2D eigenvalue weighted by Gasteiger charge is -2.16. The van der Waals surface area contributed by atoms with E-state index in [-0.39, 0.29) is 0 Å². The molecule has 0 fully saturated rings. The van der Waals surface area contributed by atoms with Gasteiger partial charge in [-0.15, -0.1) is 13.2 Å². The summed E-state index contributed by atoms with van der Waals surface area (Å²) in [4.78, 5) is 6.75. The van der Waals surface area contributed by atoms with Crippen molar-refractivity contribution in [1.29, 1.82) is 0 Å². The summed E-state index contributed by atoms with van der Waals surface area (Å²) in [6.07, 6.45) is 5.43. The smallest absolute Gasteiger partial charge is 0.229 e. The number of rotatable bonds is 9. The SMILES string of the molecule is C=CCN(CC=C)Cc1coc(-c2ccccc2OCC)n1. The van der Waals surface area contributed by atoms with Crippen LogP contribution in [0.5, 0.6) is 5.75 Å². The van der Waals surface area contributed by atoms with Crippen LogP contribution < -0.4 is 4.74 Å². The highest BCUT2D eigenvalue weighted by Crippen LogP contribution is 2.29. The molecule has 0 radical (unpaired) electrons. The molecule has 0 aliphatic rings. The van der Waals surface area contributed by atoms with Crippen LogP contribution in [-0.2, 0) is 6.54 Å². The Morgan fingerprint density at radius 2 is 1.95 bits per heavy atom. The summed E-state index contributed by atoms with van der Waals surface area (Å²) >= 11 is 0. The molecule has 1 aromatic carbocycles. The molecule has 0 N–H and O–H groups in total. The first-order valence-corrected chi connectivity index (χ1v) is 7.39. The normalized spacial score (nSPS) is 10.6. The lowest BCUT2D eigenvalue weighted by Crippen LogP contribution is -2.23. The summed E-state index contributed by atoms with van der Waals surface area (Å²) in [5, 5.41) is 0. The van der Waals surface area contributed by atoms with E-state index in [4.69, 9.17) is 9.15 Å². The fourth-order valence-electron chi connectivity index (χ4n) is 2.23. The van der Waals surface area contributed by atoms with Gasteiger partial charge in [-0.1, -0.05) is 24.3 Å². The van der Waals surface area contributed by atoms with E-state index in [1.807, 2.05) is 43.3 Å². The maximum Gasteiger partial charge on any atom is 0.229 e. The second-order valence-electron chi connectivity index (χ2n) is 4.84. The molecule has 2 rings (SSSR count). The van der Waals surface area contributed by atoms with Crippen molar-refractivity contribution in [2.75, 3.05) is 19.7 Å². The molecule has 1 aromatic heterocycles. The van der Waals surface area contributed by atoms with Gasteiger partial charge < -0.3 is 9.15 Å². The molecule has 0 atom stereocenters. The number of hydrogen-bond acceptors (Lipinski definition) is 4. The van der Waals surface area contributed by atoms with Crippen molar-refractivity contribution in [3.63, 3.8) is 0 Å². The van der Waals surface area contributed by atoms with Gasteiger partial charge in [0.2, 0.25) is 5.89 Å². The third-order valence-corrected chi connectivity index (χ3v) is 3.13. The zero-order valence-corrected chi connectivity index (χ0v) is 13.0. The molecule has 0 saturated heterocycles. The van der Waals surface area contributed by atoms with Crippen molar-refractivity contribution >= 4 is 0 Å². The molecule has 1 heterocycles. The minimum Gasteiger partial charge on any atom is -0.493 e. The van der Waals surface area contributed by atoms with E-state index in [0.717, 1.165) is 30.1 Å². The van der Waals surface area contributed by atoms with Crippen molar-refractivity contribution in [3.05, 3.63) is 61.5 Å². The van der Waals surface area contributed by atoms with Crippen LogP contribution in [-0.4, -0.2) is 29.6 Å². The van der Waals surface area contributed by atoms with Crippen molar-refractivity contribution in [3.8, 4) is 17.2 Å². The van der Waals surface area contributed by atoms with Crippen LogP contribution in [0.2, 0.25) is 0 Å². The number of ether oxygens (including phenoxy) is 1. The molecule has 0 aliphatic heterocycles. The van der Waals surface area contributed by atoms with Crippen molar-refractivity contribution in [2.45, 2.75) is 13.5 Å². The zero-order valence-electron chi connectivity index (χ0n) is 13.0. The van der Waals surface area contributed by atoms with Crippen LogP contribution in [0, 0.1) is 0 Å². The van der Waals surface area contributed by atoms with Gasteiger partial charge in [-0.3, -0.25) is 4.90 Å². The topological polar surface area (TPSA) is 38.5 Å².